The number of nitrogen functional groups attached to an aromatic ring is 1. The van der Waals surface area contributed by atoms with Crippen LogP contribution in [0.4, 0.5) is 10.2 Å². The Bertz CT molecular complexity index is 1620. The summed E-state index contributed by atoms with van der Waals surface area (Å²) >= 11 is 0. The fourth-order valence-corrected chi connectivity index (χ4v) is 5.01. The van der Waals surface area contributed by atoms with Crippen LogP contribution in [-0.4, -0.2) is 43.1 Å². The van der Waals surface area contributed by atoms with Gasteiger partial charge in [-0.05, 0) is 68.0 Å². The molecule has 0 bridgehead atoms. The van der Waals surface area contributed by atoms with E-state index < -0.39 is 0 Å². The summed E-state index contributed by atoms with van der Waals surface area (Å²) in [6.07, 6.45) is 6.94. The number of likely N-dealkylation sites (tertiary alicyclic amines) is 1. The Morgan fingerprint density at radius 3 is 2.72 bits per heavy atom. The summed E-state index contributed by atoms with van der Waals surface area (Å²) in [6, 6.07) is 15.2. The lowest BCUT2D eigenvalue weighted by atomic mass is 10.1. The van der Waals surface area contributed by atoms with Gasteiger partial charge in [-0.15, -0.1) is 0 Å². The van der Waals surface area contributed by atoms with Crippen molar-refractivity contribution >= 4 is 22.8 Å². The van der Waals surface area contributed by atoms with Crippen LogP contribution in [0.3, 0.4) is 0 Å². The van der Waals surface area contributed by atoms with E-state index in [1.54, 1.807) is 33.8 Å². The molecule has 10 heteroatoms. The zero-order valence-corrected chi connectivity index (χ0v) is 21.1. The van der Waals surface area contributed by atoms with E-state index in [1.807, 2.05) is 18.2 Å². The smallest absolute Gasteiger partial charge is 0.264 e. The van der Waals surface area contributed by atoms with Gasteiger partial charge in [0.05, 0.1) is 18.0 Å². The lowest BCUT2D eigenvalue weighted by Crippen LogP contribution is -2.39. The van der Waals surface area contributed by atoms with Crippen molar-refractivity contribution in [1.29, 1.82) is 5.26 Å². The molecule has 39 heavy (non-hydrogen) atoms. The molecule has 0 radical (unpaired) electrons. The summed E-state index contributed by atoms with van der Waals surface area (Å²) in [7, 11) is 0. The first-order valence-corrected chi connectivity index (χ1v) is 12.9. The third-order valence-corrected chi connectivity index (χ3v) is 7.12. The largest absolute Gasteiger partial charge is 0.457 e. The van der Waals surface area contributed by atoms with Crippen LogP contribution in [0.2, 0.25) is 0 Å². The number of nitriles is 1. The highest BCUT2D eigenvalue weighted by molar-refractivity contribution is 5.99. The summed E-state index contributed by atoms with van der Waals surface area (Å²) < 4.78 is 21.1. The molecule has 1 atom stereocenters. The molecule has 2 aliphatic rings. The predicted molar refractivity (Wildman–Crippen MR) is 143 cm³/mol. The van der Waals surface area contributed by atoms with E-state index >= 15 is 0 Å². The van der Waals surface area contributed by atoms with Gasteiger partial charge in [0.2, 0.25) is 0 Å². The number of hydrogen-bond donors (Lipinski definition) is 1. The lowest BCUT2D eigenvalue weighted by Gasteiger charge is -2.24. The van der Waals surface area contributed by atoms with Crippen molar-refractivity contribution in [2.45, 2.75) is 38.3 Å². The Labute approximate surface area is 224 Å². The Morgan fingerprint density at radius 2 is 1.97 bits per heavy atom. The number of aromatic nitrogens is 4. The number of anilines is 1. The maximum Gasteiger partial charge on any atom is 0.264 e. The molecule has 2 N–H and O–H groups in total. The molecule has 1 amide bonds. The highest BCUT2D eigenvalue weighted by Gasteiger charge is 2.33. The topological polar surface area (TPSA) is 123 Å². The molecule has 0 spiro atoms. The number of allylic oxidation sites excluding steroid dienone is 1. The Kier molecular flexibility index (Phi) is 6.40. The lowest BCUT2D eigenvalue weighted by molar-refractivity contribution is -0.127. The third kappa shape index (κ3) is 5.03. The minimum absolute atomic E-state index is 0.123. The van der Waals surface area contributed by atoms with Crippen molar-refractivity contribution in [3.8, 4) is 28.8 Å². The number of carbonyl (C=O) groups is 1. The zero-order valence-electron chi connectivity index (χ0n) is 21.1. The molecular formula is C29H26FN7O2. The van der Waals surface area contributed by atoms with Crippen LogP contribution >= 0.6 is 0 Å². The number of nitrogens with two attached hydrogens (primary N) is 1. The molecule has 196 valence electrons. The molecular weight excluding hydrogens is 497 g/mol. The van der Waals surface area contributed by atoms with Crippen LogP contribution in [-0.2, 0) is 11.3 Å². The van der Waals surface area contributed by atoms with E-state index in [4.69, 9.17) is 15.6 Å². The van der Waals surface area contributed by atoms with Crippen molar-refractivity contribution < 1.29 is 13.9 Å². The molecule has 1 aliphatic carbocycles. The van der Waals surface area contributed by atoms with Crippen molar-refractivity contribution in [3.05, 3.63) is 72.3 Å². The highest BCUT2D eigenvalue weighted by Crippen LogP contribution is 2.34. The number of rotatable bonds is 7. The van der Waals surface area contributed by atoms with Gasteiger partial charge in [-0.1, -0.05) is 12.1 Å². The van der Waals surface area contributed by atoms with Crippen molar-refractivity contribution in [2.24, 2.45) is 5.92 Å². The maximum atomic E-state index is 13.5. The predicted octanol–water partition coefficient (Wildman–Crippen LogP) is 4.86. The Balaban J connectivity index is 1.28. The van der Waals surface area contributed by atoms with Crippen LogP contribution in [0.15, 0.2) is 66.5 Å². The average Bonchev–Trinajstić information content (AvgIpc) is 3.51. The van der Waals surface area contributed by atoms with E-state index in [1.165, 1.54) is 18.5 Å². The molecule has 2 fully saturated rings. The van der Waals surface area contributed by atoms with Gasteiger partial charge in [-0.3, -0.25) is 4.79 Å². The molecule has 0 unspecified atom stereocenters. The van der Waals surface area contributed by atoms with Crippen molar-refractivity contribution in [2.75, 3.05) is 12.3 Å². The van der Waals surface area contributed by atoms with Gasteiger partial charge < -0.3 is 15.4 Å². The van der Waals surface area contributed by atoms with Gasteiger partial charge in [0.15, 0.2) is 5.65 Å². The van der Waals surface area contributed by atoms with Crippen molar-refractivity contribution in [1.82, 2.24) is 24.6 Å². The minimum Gasteiger partial charge on any atom is -0.457 e. The summed E-state index contributed by atoms with van der Waals surface area (Å²) in [4.78, 5) is 23.6. The highest BCUT2D eigenvalue weighted by atomic mass is 19.1. The molecule has 3 heterocycles. The summed E-state index contributed by atoms with van der Waals surface area (Å²) in [5, 5.41) is 15.1. The van der Waals surface area contributed by atoms with Crippen LogP contribution in [0.5, 0.6) is 11.5 Å². The standard InChI is InChI=1S/C29H26FN7O2/c30-21-3-1-5-24(14-21)39-23-10-8-19(9-11-23)26-25-27(32)33-17-34-28(25)37(35-26)16-22-4-2-12-36(22)29(38)20(15-31)13-18-6-7-18/h1,3,5,8-11,13-14,17-18,22H,2,4,6-7,12,16H2,(H2,32,33,34)/b20-13+/t22-/m0/s1. The molecule has 2 aromatic heterocycles. The minimum atomic E-state index is -0.373. The van der Waals surface area contributed by atoms with E-state index in [2.05, 4.69) is 16.0 Å². The van der Waals surface area contributed by atoms with Crippen LogP contribution in [0.25, 0.3) is 22.3 Å². The van der Waals surface area contributed by atoms with Gasteiger partial charge in [-0.2, -0.15) is 10.4 Å². The number of hydrogen-bond acceptors (Lipinski definition) is 7. The number of benzene rings is 2. The second-order valence-electron chi connectivity index (χ2n) is 9.90. The second-order valence-corrected chi connectivity index (χ2v) is 9.90. The number of carbonyl (C=O) groups excluding carboxylic acids is 1. The fraction of sp³-hybridized carbons (Fsp3) is 0.276. The van der Waals surface area contributed by atoms with E-state index in [0.717, 1.165) is 31.2 Å². The summed E-state index contributed by atoms with van der Waals surface area (Å²) in [5.74, 6) is 1.00. The molecule has 6 rings (SSSR count). The summed E-state index contributed by atoms with van der Waals surface area (Å²) in [5.41, 5.74) is 8.47. The quantitative estimate of drug-likeness (QED) is 0.271. The van der Waals surface area contributed by atoms with E-state index in [-0.39, 0.29) is 23.3 Å². The molecule has 1 saturated heterocycles. The van der Waals surface area contributed by atoms with Crippen LogP contribution in [0.1, 0.15) is 25.7 Å². The fourth-order valence-electron chi connectivity index (χ4n) is 5.01. The normalized spacial score (nSPS) is 17.4. The number of halogens is 1. The number of fused-ring (bicyclic) bond motifs is 1. The maximum absolute atomic E-state index is 13.5. The first-order chi connectivity index (χ1) is 19.0. The van der Waals surface area contributed by atoms with Gasteiger partial charge >= 0.3 is 0 Å². The van der Waals surface area contributed by atoms with Gasteiger partial charge in [0, 0.05) is 18.2 Å². The zero-order chi connectivity index (χ0) is 26.9. The summed E-state index contributed by atoms with van der Waals surface area (Å²) in [6.45, 7) is 1.02. The molecule has 9 nitrogen and oxygen atoms in total. The second kappa shape index (κ2) is 10.2. The number of amides is 1. The number of nitrogens with zero attached hydrogens (tertiary/aromatic N) is 6. The molecule has 1 aliphatic heterocycles. The number of ether oxygens (including phenoxy) is 1. The van der Waals surface area contributed by atoms with Gasteiger partial charge in [0.1, 0.15) is 46.8 Å². The van der Waals surface area contributed by atoms with Crippen LogP contribution < -0.4 is 10.5 Å². The molecule has 4 aromatic rings. The van der Waals surface area contributed by atoms with E-state index in [9.17, 15) is 14.4 Å². The molecule has 1 saturated carbocycles. The van der Waals surface area contributed by atoms with Gasteiger partial charge in [0.25, 0.3) is 5.91 Å². The monoisotopic (exact) mass is 523 g/mol. The van der Waals surface area contributed by atoms with Crippen LogP contribution in [0, 0.1) is 23.1 Å². The third-order valence-electron chi connectivity index (χ3n) is 7.12. The van der Waals surface area contributed by atoms with E-state index in [0.29, 0.717) is 53.1 Å². The Hall–Kier alpha value is -4.78. The first kappa shape index (κ1) is 24.6. The van der Waals surface area contributed by atoms with Crippen molar-refractivity contribution in [3.63, 3.8) is 0 Å². The van der Waals surface area contributed by atoms with Gasteiger partial charge in [-0.25, -0.2) is 19.0 Å². The molecule has 2 aromatic carbocycles. The first-order valence-electron chi connectivity index (χ1n) is 12.9. The Morgan fingerprint density at radius 1 is 1.15 bits per heavy atom. The SMILES string of the molecule is N#C/C(=C\C1CC1)C(=O)N1CCC[C@H]1Cn1nc(-c2ccc(Oc3cccc(F)c3)cc2)c2c(N)ncnc21. The average molecular weight is 524 g/mol.